The monoisotopic (exact) mass is 382 g/mol. The van der Waals surface area contributed by atoms with Gasteiger partial charge in [0.1, 0.15) is 0 Å². The van der Waals surface area contributed by atoms with Crippen LogP contribution in [-0.2, 0) is 18.3 Å². The lowest BCUT2D eigenvalue weighted by molar-refractivity contribution is -0.116. The van der Waals surface area contributed by atoms with Crippen molar-refractivity contribution in [2.75, 3.05) is 25.0 Å². The summed E-state index contributed by atoms with van der Waals surface area (Å²) in [6, 6.07) is 7.97. The fraction of sp³-hybridized carbons (Fsp3) is 0.476. The summed E-state index contributed by atoms with van der Waals surface area (Å²) in [5.41, 5.74) is 5.62. The molecule has 0 radical (unpaired) electrons. The largest absolute Gasteiger partial charge is 0.357 e. The minimum absolute atomic E-state index is 0.0550. The van der Waals surface area contributed by atoms with E-state index in [2.05, 4.69) is 41.0 Å². The SMILES string of the molecule is CCNC(=NCC1CC(=O)Nc2ccccc21)NCCc1c(C)nn(C)c1C. The average molecular weight is 383 g/mol. The van der Waals surface area contributed by atoms with E-state index in [-0.39, 0.29) is 11.8 Å². The van der Waals surface area contributed by atoms with Crippen LogP contribution in [0.25, 0.3) is 0 Å². The summed E-state index contributed by atoms with van der Waals surface area (Å²) < 4.78 is 1.93. The highest BCUT2D eigenvalue weighted by Crippen LogP contribution is 2.31. The van der Waals surface area contributed by atoms with Gasteiger partial charge in [-0.1, -0.05) is 18.2 Å². The van der Waals surface area contributed by atoms with Crippen molar-refractivity contribution in [3.63, 3.8) is 0 Å². The van der Waals surface area contributed by atoms with Gasteiger partial charge >= 0.3 is 0 Å². The first-order chi connectivity index (χ1) is 13.5. The summed E-state index contributed by atoms with van der Waals surface area (Å²) in [6.07, 6.45) is 1.36. The van der Waals surface area contributed by atoms with Crippen LogP contribution >= 0.6 is 0 Å². The van der Waals surface area contributed by atoms with Gasteiger partial charge in [-0.2, -0.15) is 5.10 Å². The Balaban J connectivity index is 1.64. The number of carbonyl (C=O) groups is 1. The molecule has 1 amide bonds. The van der Waals surface area contributed by atoms with E-state index in [9.17, 15) is 4.79 Å². The molecular weight excluding hydrogens is 352 g/mol. The second-order valence-electron chi connectivity index (χ2n) is 7.21. The number of hydrogen-bond donors (Lipinski definition) is 3. The second-order valence-corrected chi connectivity index (χ2v) is 7.21. The maximum absolute atomic E-state index is 12.0. The molecule has 1 atom stereocenters. The van der Waals surface area contributed by atoms with E-state index < -0.39 is 0 Å². The Morgan fingerprint density at radius 3 is 2.82 bits per heavy atom. The first kappa shape index (κ1) is 19.9. The summed E-state index contributed by atoms with van der Waals surface area (Å²) in [4.78, 5) is 16.7. The van der Waals surface area contributed by atoms with Crippen LogP contribution < -0.4 is 16.0 Å². The Bertz CT molecular complexity index is 870. The van der Waals surface area contributed by atoms with Gasteiger partial charge in [0.2, 0.25) is 5.91 Å². The van der Waals surface area contributed by atoms with Crippen LogP contribution in [0.15, 0.2) is 29.3 Å². The summed E-state index contributed by atoms with van der Waals surface area (Å²) in [5.74, 6) is 0.938. The number of carbonyl (C=O) groups excluding carboxylic acids is 1. The highest BCUT2D eigenvalue weighted by molar-refractivity contribution is 5.94. The minimum Gasteiger partial charge on any atom is -0.357 e. The molecule has 1 aromatic carbocycles. The average Bonchev–Trinajstić information content (AvgIpc) is 2.91. The van der Waals surface area contributed by atoms with Gasteiger partial charge in [0.05, 0.1) is 12.2 Å². The molecule has 0 bridgehead atoms. The van der Waals surface area contributed by atoms with Gasteiger partial charge in [0, 0.05) is 43.9 Å². The van der Waals surface area contributed by atoms with Gasteiger partial charge in [-0.05, 0) is 44.4 Å². The summed E-state index contributed by atoms with van der Waals surface area (Å²) in [7, 11) is 1.98. The summed E-state index contributed by atoms with van der Waals surface area (Å²) in [6.45, 7) is 8.34. The number of fused-ring (bicyclic) bond motifs is 1. The van der Waals surface area contributed by atoms with Gasteiger partial charge in [-0.25, -0.2) is 0 Å². The number of nitrogens with one attached hydrogen (secondary N) is 3. The van der Waals surface area contributed by atoms with Crippen LogP contribution in [0.3, 0.4) is 0 Å². The Kier molecular flexibility index (Phi) is 6.34. The Labute approximate surface area is 166 Å². The molecule has 28 heavy (non-hydrogen) atoms. The molecule has 2 heterocycles. The highest BCUT2D eigenvalue weighted by atomic mass is 16.1. The number of aryl methyl sites for hydroxylation is 2. The fourth-order valence-corrected chi connectivity index (χ4v) is 3.69. The molecule has 7 nitrogen and oxygen atoms in total. The van der Waals surface area contributed by atoms with Crippen LogP contribution in [0.4, 0.5) is 5.69 Å². The topological polar surface area (TPSA) is 83.3 Å². The van der Waals surface area contributed by atoms with Crippen LogP contribution in [0.1, 0.15) is 41.8 Å². The normalized spacial score (nSPS) is 16.5. The molecule has 1 aliphatic rings. The summed E-state index contributed by atoms with van der Waals surface area (Å²) in [5, 5.41) is 14.1. The third-order valence-electron chi connectivity index (χ3n) is 5.25. The Hall–Kier alpha value is -2.83. The fourth-order valence-electron chi connectivity index (χ4n) is 3.69. The lowest BCUT2D eigenvalue weighted by atomic mass is 9.91. The smallest absolute Gasteiger partial charge is 0.225 e. The molecule has 3 rings (SSSR count). The molecule has 0 fully saturated rings. The van der Waals surface area contributed by atoms with E-state index in [1.165, 1.54) is 11.3 Å². The van der Waals surface area contributed by atoms with E-state index in [1.807, 2.05) is 36.9 Å². The summed E-state index contributed by atoms with van der Waals surface area (Å²) >= 11 is 0. The van der Waals surface area contributed by atoms with Crippen LogP contribution in [0.5, 0.6) is 0 Å². The quantitative estimate of drug-likeness (QED) is 0.529. The Morgan fingerprint density at radius 1 is 1.32 bits per heavy atom. The predicted molar refractivity (Wildman–Crippen MR) is 113 cm³/mol. The molecule has 1 unspecified atom stereocenters. The van der Waals surface area contributed by atoms with Crippen LogP contribution in [0, 0.1) is 13.8 Å². The first-order valence-corrected chi connectivity index (χ1v) is 9.89. The molecule has 0 spiro atoms. The van der Waals surface area contributed by atoms with Gasteiger partial charge in [-0.15, -0.1) is 0 Å². The zero-order valence-electron chi connectivity index (χ0n) is 17.2. The van der Waals surface area contributed by atoms with Crippen molar-refractivity contribution in [3.05, 3.63) is 46.8 Å². The van der Waals surface area contributed by atoms with Crippen molar-refractivity contribution >= 4 is 17.6 Å². The zero-order chi connectivity index (χ0) is 20.1. The van der Waals surface area contributed by atoms with E-state index in [4.69, 9.17) is 4.99 Å². The van der Waals surface area contributed by atoms with Gasteiger partial charge < -0.3 is 16.0 Å². The number of aliphatic imine (C=N–C) groups is 1. The molecule has 0 saturated heterocycles. The molecule has 1 aromatic heterocycles. The van der Waals surface area contributed by atoms with Gasteiger partial charge in [-0.3, -0.25) is 14.5 Å². The lowest BCUT2D eigenvalue weighted by Crippen LogP contribution is -2.39. The van der Waals surface area contributed by atoms with Crippen molar-refractivity contribution in [2.24, 2.45) is 12.0 Å². The maximum Gasteiger partial charge on any atom is 0.225 e. The second kappa shape index (κ2) is 8.91. The first-order valence-electron chi connectivity index (χ1n) is 9.89. The van der Waals surface area contributed by atoms with Crippen LogP contribution in [0.2, 0.25) is 0 Å². The predicted octanol–water partition coefficient (Wildman–Crippen LogP) is 2.26. The van der Waals surface area contributed by atoms with Crippen molar-refractivity contribution in [2.45, 2.75) is 39.5 Å². The van der Waals surface area contributed by atoms with E-state index in [1.54, 1.807) is 0 Å². The number of nitrogens with zero attached hydrogens (tertiary/aromatic N) is 3. The highest BCUT2D eigenvalue weighted by Gasteiger charge is 2.24. The molecule has 0 saturated carbocycles. The van der Waals surface area contributed by atoms with Crippen molar-refractivity contribution in [1.82, 2.24) is 20.4 Å². The molecular formula is C21H30N6O. The van der Waals surface area contributed by atoms with E-state index in [0.717, 1.165) is 42.4 Å². The molecule has 2 aromatic rings. The van der Waals surface area contributed by atoms with E-state index >= 15 is 0 Å². The van der Waals surface area contributed by atoms with Crippen molar-refractivity contribution in [1.29, 1.82) is 0 Å². The third kappa shape index (κ3) is 4.52. The number of benzene rings is 1. The van der Waals surface area contributed by atoms with E-state index in [0.29, 0.717) is 13.0 Å². The standard InChI is InChI=1S/C21H30N6O/c1-5-22-21(23-11-10-17-14(2)26-27(4)15(17)3)24-13-16-12-20(28)25-19-9-7-6-8-18(16)19/h6-9,16H,5,10-13H2,1-4H3,(H,25,28)(H2,22,23,24). The number of guanidine groups is 1. The number of rotatable bonds is 6. The number of para-hydroxylation sites is 1. The van der Waals surface area contributed by atoms with Crippen molar-refractivity contribution < 1.29 is 4.79 Å². The third-order valence-corrected chi connectivity index (χ3v) is 5.25. The maximum atomic E-state index is 12.0. The molecule has 7 heteroatoms. The van der Waals surface area contributed by atoms with Crippen LogP contribution in [-0.4, -0.2) is 41.3 Å². The molecule has 1 aliphatic heterocycles. The van der Waals surface area contributed by atoms with Crippen molar-refractivity contribution in [3.8, 4) is 0 Å². The Morgan fingerprint density at radius 2 is 2.11 bits per heavy atom. The van der Waals surface area contributed by atoms with Gasteiger partial charge in [0.15, 0.2) is 5.96 Å². The number of amides is 1. The number of hydrogen-bond acceptors (Lipinski definition) is 3. The minimum atomic E-state index is 0.0550. The van der Waals surface area contributed by atoms with Gasteiger partial charge in [0.25, 0.3) is 0 Å². The number of anilines is 1. The molecule has 150 valence electrons. The zero-order valence-corrected chi connectivity index (χ0v) is 17.2. The molecule has 3 N–H and O–H groups in total. The lowest BCUT2D eigenvalue weighted by Gasteiger charge is -2.24. The number of aromatic nitrogens is 2. The molecule has 0 aliphatic carbocycles.